The zero-order valence-electron chi connectivity index (χ0n) is 6.87. The highest BCUT2D eigenvalue weighted by Gasteiger charge is 1.99. The average molecular weight is 184 g/mol. The van der Waals surface area contributed by atoms with Crippen molar-refractivity contribution in [1.29, 1.82) is 0 Å². The number of thiol groups is 1. The molecule has 0 spiro atoms. The summed E-state index contributed by atoms with van der Waals surface area (Å²) in [4.78, 5) is 0.816. The number of nitrogen functional groups attached to an aromatic ring is 1. The highest BCUT2D eigenvalue weighted by molar-refractivity contribution is 7.80. The summed E-state index contributed by atoms with van der Waals surface area (Å²) in [6.07, 6.45) is 0. The number of rotatable bonds is 3. The predicted molar refractivity (Wildman–Crippen MR) is 52.7 cm³/mol. The number of nitrogens with one attached hydrogen (secondary N) is 1. The van der Waals surface area contributed by atoms with Gasteiger partial charge in [-0.3, -0.25) is 5.84 Å². The van der Waals surface area contributed by atoms with E-state index in [-0.39, 0.29) is 0 Å². The second-order valence-electron chi connectivity index (χ2n) is 2.26. The molecule has 0 aliphatic rings. The molecule has 1 rings (SSSR count). The molecule has 0 heterocycles. The molecule has 12 heavy (non-hydrogen) atoms. The Morgan fingerprint density at radius 2 is 2.33 bits per heavy atom. The van der Waals surface area contributed by atoms with Crippen molar-refractivity contribution in [3.8, 4) is 5.75 Å². The van der Waals surface area contributed by atoms with Gasteiger partial charge in [0.1, 0.15) is 5.75 Å². The predicted octanol–water partition coefficient (Wildman–Crippen LogP) is 1.66. The van der Waals surface area contributed by atoms with Crippen LogP contribution in [0.1, 0.15) is 6.92 Å². The Labute approximate surface area is 77.3 Å². The van der Waals surface area contributed by atoms with Crippen molar-refractivity contribution in [1.82, 2.24) is 0 Å². The Morgan fingerprint density at radius 3 is 2.92 bits per heavy atom. The first-order valence-corrected chi connectivity index (χ1v) is 4.15. The number of benzene rings is 1. The van der Waals surface area contributed by atoms with Gasteiger partial charge in [-0.25, -0.2) is 0 Å². The number of ether oxygens (including phenoxy) is 1. The van der Waals surface area contributed by atoms with Gasteiger partial charge in [-0.05, 0) is 19.1 Å². The molecule has 4 heteroatoms. The van der Waals surface area contributed by atoms with Crippen LogP contribution in [0, 0.1) is 0 Å². The summed E-state index contributed by atoms with van der Waals surface area (Å²) in [5.74, 6) is 5.98. The maximum atomic E-state index is 5.31. The Morgan fingerprint density at radius 1 is 1.58 bits per heavy atom. The highest BCUT2D eigenvalue weighted by atomic mass is 32.1. The first kappa shape index (κ1) is 9.22. The Bertz CT molecular complexity index is 265. The average Bonchev–Trinajstić information content (AvgIpc) is 2.09. The number of hydrogen-bond donors (Lipinski definition) is 3. The van der Waals surface area contributed by atoms with Gasteiger partial charge in [0.15, 0.2) is 0 Å². The minimum Gasteiger partial charge on any atom is -0.493 e. The second-order valence-corrected chi connectivity index (χ2v) is 2.74. The van der Waals surface area contributed by atoms with Gasteiger partial charge >= 0.3 is 0 Å². The minimum absolute atomic E-state index is 0.627. The second kappa shape index (κ2) is 4.23. The van der Waals surface area contributed by atoms with E-state index in [4.69, 9.17) is 10.6 Å². The topological polar surface area (TPSA) is 47.3 Å². The molecule has 0 aromatic heterocycles. The molecule has 0 saturated carbocycles. The molecule has 0 aliphatic carbocycles. The van der Waals surface area contributed by atoms with Crippen molar-refractivity contribution in [2.24, 2.45) is 5.84 Å². The van der Waals surface area contributed by atoms with Gasteiger partial charge in [0.25, 0.3) is 0 Å². The van der Waals surface area contributed by atoms with Crippen LogP contribution in [0.25, 0.3) is 0 Å². The highest BCUT2D eigenvalue weighted by Crippen LogP contribution is 2.25. The summed E-state index contributed by atoms with van der Waals surface area (Å²) < 4.78 is 5.31. The lowest BCUT2D eigenvalue weighted by Gasteiger charge is -2.07. The third-order valence-electron chi connectivity index (χ3n) is 1.43. The Hall–Kier alpha value is -0.870. The molecule has 1 aromatic rings. The van der Waals surface area contributed by atoms with Crippen LogP contribution >= 0.6 is 12.6 Å². The van der Waals surface area contributed by atoms with Crippen molar-refractivity contribution in [2.75, 3.05) is 12.0 Å². The molecule has 0 atom stereocenters. The van der Waals surface area contributed by atoms with Gasteiger partial charge in [-0.15, -0.1) is 12.6 Å². The third-order valence-corrected chi connectivity index (χ3v) is 1.80. The zero-order chi connectivity index (χ0) is 8.97. The van der Waals surface area contributed by atoms with Gasteiger partial charge in [-0.1, -0.05) is 0 Å². The van der Waals surface area contributed by atoms with Gasteiger partial charge in [0.2, 0.25) is 0 Å². The van der Waals surface area contributed by atoms with Crippen LogP contribution in [0.5, 0.6) is 5.75 Å². The van der Waals surface area contributed by atoms with Crippen molar-refractivity contribution in [3.63, 3.8) is 0 Å². The summed E-state index contributed by atoms with van der Waals surface area (Å²) in [5.41, 5.74) is 3.36. The van der Waals surface area contributed by atoms with E-state index < -0.39 is 0 Å². The number of nitrogens with two attached hydrogens (primary N) is 1. The molecule has 0 unspecified atom stereocenters. The number of hydrogen-bond acceptors (Lipinski definition) is 4. The van der Waals surface area contributed by atoms with E-state index in [1.165, 1.54) is 0 Å². The molecule has 0 saturated heterocycles. The zero-order valence-corrected chi connectivity index (χ0v) is 7.77. The number of anilines is 1. The first-order chi connectivity index (χ1) is 5.77. The van der Waals surface area contributed by atoms with Crippen molar-refractivity contribution < 1.29 is 4.74 Å². The first-order valence-electron chi connectivity index (χ1n) is 3.70. The summed E-state index contributed by atoms with van der Waals surface area (Å²) in [6.45, 7) is 2.55. The van der Waals surface area contributed by atoms with Crippen molar-refractivity contribution >= 4 is 18.3 Å². The molecular formula is C8H12N2OS. The normalized spacial score (nSPS) is 9.58. The molecule has 3 nitrogen and oxygen atoms in total. The van der Waals surface area contributed by atoms with E-state index >= 15 is 0 Å². The van der Waals surface area contributed by atoms with Crippen LogP contribution in [-0.4, -0.2) is 6.61 Å². The summed E-state index contributed by atoms with van der Waals surface area (Å²) >= 11 is 4.22. The fraction of sp³-hybridized carbons (Fsp3) is 0.250. The fourth-order valence-corrected chi connectivity index (χ4v) is 1.08. The van der Waals surface area contributed by atoms with Crippen molar-refractivity contribution in [2.45, 2.75) is 11.8 Å². The molecule has 66 valence electrons. The molecule has 0 radical (unpaired) electrons. The van der Waals surface area contributed by atoms with Crippen molar-refractivity contribution in [3.05, 3.63) is 18.2 Å². The quantitative estimate of drug-likeness (QED) is 0.380. The molecule has 0 bridgehead atoms. The summed E-state index contributed by atoms with van der Waals surface area (Å²) in [5, 5.41) is 0. The SMILES string of the molecule is CCOc1cc(NN)ccc1S. The van der Waals surface area contributed by atoms with Crippen LogP contribution in [0.15, 0.2) is 23.1 Å². The van der Waals surface area contributed by atoms with E-state index in [2.05, 4.69) is 18.1 Å². The molecule has 1 aromatic carbocycles. The maximum absolute atomic E-state index is 5.31. The summed E-state index contributed by atoms with van der Waals surface area (Å²) in [7, 11) is 0. The fourth-order valence-electron chi connectivity index (χ4n) is 0.875. The molecule has 0 amide bonds. The van der Waals surface area contributed by atoms with Crippen LogP contribution in [0.4, 0.5) is 5.69 Å². The maximum Gasteiger partial charge on any atom is 0.134 e. The largest absolute Gasteiger partial charge is 0.493 e. The van der Waals surface area contributed by atoms with E-state index in [1.807, 2.05) is 25.1 Å². The summed E-state index contributed by atoms with van der Waals surface area (Å²) in [6, 6.07) is 5.49. The standard InChI is InChI=1S/C8H12N2OS/c1-2-11-7-5-6(10-9)3-4-8(7)12/h3-5,10,12H,2,9H2,1H3. The van der Waals surface area contributed by atoms with Gasteiger partial charge < -0.3 is 10.2 Å². The Balaban J connectivity index is 2.91. The monoisotopic (exact) mass is 184 g/mol. The van der Waals surface area contributed by atoms with E-state index in [0.29, 0.717) is 6.61 Å². The minimum atomic E-state index is 0.627. The molecule has 3 N–H and O–H groups in total. The molecular weight excluding hydrogens is 172 g/mol. The van der Waals surface area contributed by atoms with E-state index in [9.17, 15) is 0 Å². The third kappa shape index (κ3) is 2.06. The molecule has 0 fully saturated rings. The number of hydrazine groups is 1. The Kier molecular flexibility index (Phi) is 3.25. The lowest BCUT2D eigenvalue weighted by Crippen LogP contribution is -2.06. The van der Waals surface area contributed by atoms with Crippen LogP contribution in [-0.2, 0) is 0 Å². The van der Waals surface area contributed by atoms with Gasteiger partial charge in [0, 0.05) is 11.0 Å². The van der Waals surface area contributed by atoms with Crippen LogP contribution in [0.2, 0.25) is 0 Å². The van der Waals surface area contributed by atoms with Crippen LogP contribution in [0.3, 0.4) is 0 Å². The smallest absolute Gasteiger partial charge is 0.134 e. The van der Waals surface area contributed by atoms with Gasteiger partial charge in [0.05, 0.1) is 12.3 Å². The lowest BCUT2D eigenvalue weighted by molar-refractivity contribution is 0.332. The van der Waals surface area contributed by atoms with E-state index in [0.717, 1.165) is 16.3 Å². The lowest BCUT2D eigenvalue weighted by atomic mass is 10.3. The van der Waals surface area contributed by atoms with Gasteiger partial charge in [-0.2, -0.15) is 0 Å². The van der Waals surface area contributed by atoms with E-state index in [1.54, 1.807) is 0 Å². The molecule has 0 aliphatic heterocycles. The van der Waals surface area contributed by atoms with Crippen LogP contribution < -0.4 is 16.0 Å².